The molecular weight excluding hydrogens is 284 g/mol. The van der Waals surface area contributed by atoms with Crippen LogP contribution in [-0.2, 0) is 11.2 Å². The van der Waals surface area contributed by atoms with E-state index in [1.807, 2.05) is 6.07 Å². The molecule has 0 saturated carbocycles. The first kappa shape index (κ1) is 14.1. The molecule has 1 aliphatic heterocycles. The van der Waals surface area contributed by atoms with Crippen LogP contribution in [0.3, 0.4) is 0 Å². The molecular formula is C17H14O5. The summed E-state index contributed by atoms with van der Waals surface area (Å²) in [6.45, 7) is 0. The molecule has 1 unspecified atom stereocenters. The number of carbonyl (C=O) groups is 2. The van der Waals surface area contributed by atoms with Gasteiger partial charge in [0, 0.05) is 12.0 Å². The van der Waals surface area contributed by atoms with E-state index in [0.717, 1.165) is 11.1 Å². The summed E-state index contributed by atoms with van der Waals surface area (Å²) in [6, 6.07) is 11.9. The van der Waals surface area contributed by atoms with Crippen molar-refractivity contribution in [2.45, 2.75) is 12.5 Å². The summed E-state index contributed by atoms with van der Waals surface area (Å²) in [5.74, 6) is -0.709. The van der Waals surface area contributed by atoms with E-state index in [-0.39, 0.29) is 17.6 Å². The molecule has 0 spiro atoms. The van der Waals surface area contributed by atoms with Gasteiger partial charge < -0.3 is 14.6 Å². The first-order valence-corrected chi connectivity index (χ1v) is 6.79. The van der Waals surface area contributed by atoms with E-state index in [1.165, 1.54) is 0 Å². The van der Waals surface area contributed by atoms with E-state index in [0.29, 0.717) is 17.7 Å². The molecule has 0 aliphatic carbocycles. The maximum Gasteiger partial charge on any atom is 0.339 e. The van der Waals surface area contributed by atoms with Gasteiger partial charge in [0.2, 0.25) is 0 Å². The van der Waals surface area contributed by atoms with Crippen LogP contribution in [-0.4, -0.2) is 24.2 Å². The average Bonchev–Trinajstić information content (AvgIpc) is 2.83. The Morgan fingerprint density at radius 2 is 1.95 bits per heavy atom. The zero-order valence-electron chi connectivity index (χ0n) is 11.9. The summed E-state index contributed by atoms with van der Waals surface area (Å²) in [4.78, 5) is 22.8. The Morgan fingerprint density at radius 1 is 1.23 bits per heavy atom. The van der Waals surface area contributed by atoms with Gasteiger partial charge in [0.15, 0.2) is 0 Å². The quantitative estimate of drug-likeness (QED) is 0.879. The number of carbonyl (C=O) groups excluding carboxylic acids is 1. The van der Waals surface area contributed by atoms with Crippen molar-refractivity contribution in [3.8, 4) is 5.75 Å². The number of methoxy groups -OCH3 is 1. The number of ether oxygens (including phenoxy) is 2. The lowest BCUT2D eigenvalue weighted by Gasteiger charge is -2.11. The highest BCUT2D eigenvalue weighted by Crippen LogP contribution is 2.35. The highest BCUT2D eigenvalue weighted by molar-refractivity contribution is 5.94. The second-order valence-electron chi connectivity index (χ2n) is 5.05. The lowest BCUT2D eigenvalue weighted by molar-refractivity contribution is 0.0387. The molecule has 0 fully saturated rings. The standard InChI is InChI=1S/C17H14O5/c1-21-12-6-7-13-14(9-12)17(20)22-15(13)8-10-2-4-11(5-3-10)16(18)19/h2-7,9,15H,8H2,1H3,(H,18,19). The van der Waals surface area contributed by atoms with Crippen LogP contribution in [0.25, 0.3) is 0 Å². The minimum atomic E-state index is -0.962. The van der Waals surface area contributed by atoms with Crippen LogP contribution in [0.5, 0.6) is 5.75 Å². The van der Waals surface area contributed by atoms with Crippen LogP contribution < -0.4 is 4.74 Å². The number of carboxylic acid groups (broad SMARTS) is 1. The van der Waals surface area contributed by atoms with Gasteiger partial charge in [-0.3, -0.25) is 0 Å². The number of hydrogen-bond donors (Lipinski definition) is 1. The van der Waals surface area contributed by atoms with Gasteiger partial charge >= 0.3 is 11.9 Å². The van der Waals surface area contributed by atoms with Crippen molar-refractivity contribution in [2.24, 2.45) is 0 Å². The summed E-state index contributed by atoms with van der Waals surface area (Å²) in [7, 11) is 1.55. The van der Waals surface area contributed by atoms with E-state index in [2.05, 4.69) is 0 Å². The lowest BCUT2D eigenvalue weighted by atomic mass is 9.98. The van der Waals surface area contributed by atoms with Crippen molar-refractivity contribution in [1.29, 1.82) is 0 Å². The summed E-state index contributed by atoms with van der Waals surface area (Å²) in [6.07, 6.45) is 0.148. The predicted molar refractivity (Wildman–Crippen MR) is 78.3 cm³/mol. The number of hydrogen-bond acceptors (Lipinski definition) is 4. The third-order valence-electron chi connectivity index (χ3n) is 3.70. The Bertz CT molecular complexity index is 733. The van der Waals surface area contributed by atoms with Crippen molar-refractivity contribution in [1.82, 2.24) is 0 Å². The van der Waals surface area contributed by atoms with Gasteiger partial charge in [0.25, 0.3) is 0 Å². The molecule has 1 N–H and O–H groups in total. The first-order chi connectivity index (χ1) is 10.6. The molecule has 5 nitrogen and oxygen atoms in total. The van der Waals surface area contributed by atoms with Crippen molar-refractivity contribution in [3.63, 3.8) is 0 Å². The van der Waals surface area contributed by atoms with E-state index >= 15 is 0 Å². The third-order valence-corrected chi connectivity index (χ3v) is 3.70. The Hall–Kier alpha value is -2.82. The number of cyclic esters (lactones) is 1. The molecule has 2 aromatic rings. The van der Waals surface area contributed by atoms with Crippen LogP contribution in [0.1, 0.15) is 37.9 Å². The molecule has 22 heavy (non-hydrogen) atoms. The highest BCUT2D eigenvalue weighted by Gasteiger charge is 2.31. The second-order valence-corrected chi connectivity index (χ2v) is 5.05. The number of benzene rings is 2. The van der Waals surface area contributed by atoms with Gasteiger partial charge in [-0.15, -0.1) is 0 Å². The maximum absolute atomic E-state index is 11.9. The SMILES string of the molecule is COc1ccc2c(c1)C(=O)OC2Cc1ccc(C(=O)O)cc1. The molecule has 1 aliphatic rings. The average molecular weight is 298 g/mol. The van der Waals surface area contributed by atoms with Gasteiger partial charge in [-0.25, -0.2) is 9.59 Å². The van der Waals surface area contributed by atoms with Crippen LogP contribution in [0, 0.1) is 0 Å². The fraction of sp³-hybridized carbons (Fsp3) is 0.176. The Balaban J connectivity index is 1.83. The smallest absolute Gasteiger partial charge is 0.339 e. The van der Waals surface area contributed by atoms with Gasteiger partial charge in [-0.2, -0.15) is 0 Å². The van der Waals surface area contributed by atoms with Crippen molar-refractivity contribution >= 4 is 11.9 Å². The minimum absolute atomic E-state index is 0.234. The third kappa shape index (κ3) is 2.53. The summed E-state index contributed by atoms with van der Waals surface area (Å²) >= 11 is 0. The maximum atomic E-state index is 11.9. The molecule has 0 radical (unpaired) electrons. The molecule has 1 heterocycles. The summed E-state index contributed by atoms with van der Waals surface area (Å²) in [5.41, 5.74) is 2.49. The van der Waals surface area contributed by atoms with Gasteiger partial charge in [0.05, 0.1) is 18.2 Å². The zero-order valence-corrected chi connectivity index (χ0v) is 11.9. The van der Waals surface area contributed by atoms with Gasteiger partial charge in [-0.05, 0) is 29.8 Å². The number of carboxylic acids is 1. The molecule has 1 atom stereocenters. The molecule has 112 valence electrons. The van der Waals surface area contributed by atoms with Crippen molar-refractivity contribution < 1.29 is 24.2 Å². The van der Waals surface area contributed by atoms with Gasteiger partial charge in [-0.1, -0.05) is 18.2 Å². The lowest BCUT2D eigenvalue weighted by Crippen LogP contribution is -2.03. The van der Waals surface area contributed by atoms with Crippen LogP contribution >= 0.6 is 0 Å². The van der Waals surface area contributed by atoms with E-state index < -0.39 is 5.97 Å². The molecule has 0 aromatic heterocycles. The fourth-order valence-corrected chi connectivity index (χ4v) is 2.53. The van der Waals surface area contributed by atoms with Crippen molar-refractivity contribution in [2.75, 3.05) is 7.11 Å². The number of esters is 1. The van der Waals surface area contributed by atoms with Gasteiger partial charge in [0.1, 0.15) is 11.9 Å². The summed E-state index contributed by atoms with van der Waals surface area (Å²) in [5, 5.41) is 8.89. The second kappa shape index (κ2) is 5.52. The van der Waals surface area contributed by atoms with E-state index in [9.17, 15) is 9.59 Å². The zero-order chi connectivity index (χ0) is 15.7. The first-order valence-electron chi connectivity index (χ1n) is 6.79. The number of rotatable bonds is 4. The fourth-order valence-electron chi connectivity index (χ4n) is 2.53. The number of aromatic carboxylic acids is 1. The predicted octanol–water partition coefficient (Wildman–Crippen LogP) is 2.85. The largest absolute Gasteiger partial charge is 0.497 e. The van der Waals surface area contributed by atoms with Crippen LogP contribution in [0.15, 0.2) is 42.5 Å². The molecule has 5 heteroatoms. The topological polar surface area (TPSA) is 72.8 Å². The minimum Gasteiger partial charge on any atom is -0.497 e. The summed E-state index contributed by atoms with van der Waals surface area (Å²) < 4.78 is 10.5. The molecule has 3 rings (SSSR count). The normalized spacial score (nSPS) is 16.0. The van der Waals surface area contributed by atoms with E-state index in [1.54, 1.807) is 43.5 Å². The Morgan fingerprint density at radius 3 is 2.59 bits per heavy atom. The molecule has 0 saturated heterocycles. The van der Waals surface area contributed by atoms with Crippen molar-refractivity contribution in [3.05, 3.63) is 64.7 Å². The Labute approximate surface area is 127 Å². The van der Waals surface area contributed by atoms with Crippen LogP contribution in [0.2, 0.25) is 0 Å². The monoisotopic (exact) mass is 298 g/mol. The molecule has 0 bridgehead atoms. The molecule has 2 aromatic carbocycles. The number of fused-ring (bicyclic) bond motifs is 1. The molecule has 0 amide bonds. The van der Waals surface area contributed by atoms with Crippen LogP contribution in [0.4, 0.5) is 0 Å². The Kier molecular flexibility index (Phi) is 3.55. The highest BCUT2D eigenvalue weighted by atomic mass is 16.5. The van der Waals surface area contributed by atoms with E-state index in [4.69, 9.17) is 14.6 Å².